The summed E-state index contributed by atoms with van der Waals surface area (Å²) in [5, 5.41) is 11.6. The quantitative estimate of drug-likeness (QED) is 0.558. The number of aromatic nitrogens is 1. The molecule has 1 aromatic carbocycles. The van der Waals surface area contributed by atoms with E-state index in [-0.39, 0.29) is 29.9 Å². The van der Waals surface area contributed by atoms with Crippen LogP contribution in [0.5, 0.6) is 5.75 Å². The maximum atomic E-state index is 13.6. The topological polar surface area (TPSA) is 106 Å². The van der Waals surface area contributed by atoms with Gasteiger partial charge in [-0.25, -0.2) is 22.9 Å². The molecule has 1 heterocycles. The molecule has 3 rings (SSSR count). The third-order valence-electron chi connectivity index (χ3n) is 5.54. The fourth-order valence-electron chi connectivity index (χ4n) is 3.90. The van der Waals surface area contributed by atoms with Gasteiger partial charge in [-0.3, -0.25) is 0 Å². The van der Waals surface area contributed by atoms with E-state index in [4.69, 9.17) is 9.88 Å². The van der Waals surface area contributed by atoms with Crippen LogP contribution in [0.4, 0.5) is 10.2 Å². The van der Waals surface area contributed by atoms with Crippen LogP contribution in [0, 0.1) is 5.82 Å². The van der Waals surface area contributed by atoms with E-state index < -0.39 is 10.0 Å². The lowest BCUT2D eigenvalue weighted by atomic mass is 9.99. The summed E-state index contributed by atoms with van der Waals surface area (Å²) in [5.41, 5.74) is 2.17. The first-order valence-electron chi connectivity index (χ1n) is 10.0. The number of nitrogens with zero attached hydrogens (tertiary/aromatic N) is 1. The Hall–Kier alpha value is -2.23. The lowest BCUT2D eigenvalue weighted by Gasteiger charge is -2.21. The van der Waals surface area contributed by atoms with Gasteiger partial charge in [0.05, 0.1) is 12.9 Å². The Morgan fingerprint density at radius 2 is 2.10 bits per heavy atom. The Balaban J connectivity index is 1.52. The van der Waals surface area contributed by atoms with Gasteiger partial charge in [-0.15, -0.1) is 0 Å². The van der Waals surface area contributed by atoms with Gasteiger partial charge in [0.2, 0.25) is 10.0 Å². The first-order valence-corrected chi connectivity index (χ1v) is 11.8. The van der Waals surface area contributed by atoms with Crippen molar-refractivity contribution in [1.82, 2.24) is 10.3 Å². The second kappa shape index (κ2) is 9.72. The number of anilines is 1. The molecule has 0 spiro atoms. The van der Waals surface area contributed by atoms with Crippen molar-refractivity contribution in [2.75, 3.05) is 24.7 Å². The fraction of sp³-hybridized carbons (Fsp3) is 0.476. The number of ether oxygens (including phenoxy) is 1. The average Bonchev–Trinajstić information content (AvgIpc) is 3.16. The van der Waals surface area contributed by atoms with Crippen molar-refractivity contribution in [3.63, 3.8) is 0 Å². The summed E-state index contributed by atoms with van der Waals surface area (Å²) in [7, 11) is -2.01. The summed E-state index contributed by atoms with van der Waals surface area (Å²) in [6.45, 7) is 2.30. The molecule has 0 amide bonds. The van der Waals surface area contributed by atoms with E-state index in [1.165, 1.54) is 18.7 Å². The minimum atomic E-state index is -3.48. The number of hydrogen-bond acceptors (Lipinski definition) is 6. The summed E-state index contributed by atoms with van der Waals surface area (Å²) in [5.74, 6) is 0.820. The minimum Gasteiger partial charge on any atom is -0.494 e. The highest BCUT2D eigenvalue weighted by Crippen LogP contribution is 2.35. The van der Waals surface area contributed by atoms with E-state index in [9.17, 15) is 12.8 Å². The van der Waals surface area contributed by atoms with Gasteiger partial charge in [0, 0.05) is 24.8 Å². The van der Waals surface area contributed by atoms with Crippen molar-refractivity contribution >= 4 is 15.8 Å². The molecule has 4 N–H and O–H groups in total. The number of halogens is 1. The minimum absolute atomic E-state index is 0.0896. The Morgan fingerprint density at radius 1 is 1.30 bits per heavy atom. The van der Waals surface area contributed by atoms with Crippen LogP contribution < -0.4 is 20.5 Å². The zero-order valence-electron chi connectivity index (χ0n) is 17.3. The van der Waals surface area contributed by atoms with Crippen LogP contribution >= 0.6 is 0 Å². The molecule has 1 aromatic heterocycles. The van der Waals surface area contributed by atoms with Crippen LogP contribution in [0.15, 0.2) is 36.5 Å². The van der Waals surface area contributed by atoms with Crippen molar-refractivity contribution in [1.29, 1.82) is 0 Å². The molecule has 164 valence electrons. The number of benzene rings is 1. The smallest absolute Gasteiger partial charge is 0.210 e. The summed E-state index contributed by atoms with van der Waals surface area (Å²) < 4.78 is 40.7. The first kappa shape index (κ1) is 22.5. The molecule has 3 atom stereocenters. The van der Waals surface area contributed by atoms with E-state index in [2.05, 4.69) is 22.5 Å². The zero-order valence-corrected chi connectivity index (χ0v) is 18.1. The van der Waals surface area contributed by atoms with Crippen molar-refractivity contribution in [3.05, 3.63) is 53.5 Å². The molecule has 0 radical (unpaired) electrons. The van der Waals surface area contributed by atoms with Gasteiger partial charge >= 0.3 is 0 Å². The monoisotopic (exact) mass is 436 g/mol. The predicted octanol–water partition coefficient (Wildman–Crippen LogP) is 2.92. The summed E-state index contributed by atoms with van der Waals surface area (Å²) in [6.07, 6.45) is 4.97. The van der Waals surface area contributed by atoms with Crippen LogP contribution in [0.1, 0.15) is 49.3 Å². The van der Waals surface area contributed by atoms with Gasteiger partial charge in [-0.05, 0) is 61.4 Å². The largest absolute Gasteiger partial charge is 0.494 e. The van der Waals surface area contributed by atoms with E-state index in [1.807, 2.05) is 18.3 Å². The molecule has 0 aliphatic heterocycles. The molecule has 0 bridgehead atoms. The van der Waals surface area contributed by atoms with Gasteiger partial charge in [-0.2, -0.15) is 0 Å². The molecule has 9 heteroatoms. The van der Waals surface area contributed by atoms with Crippen LogP contribution in [0.25, 0.3) is 0 Å². The molecule has 7 nitrogen and oxygen atoms in total. The van der Waals surface area contributed by atoms with Crippen LogP contribution in [-0.2, 0) is 10.0 Å². The van der Waals surface area contributed by atoms with Crippen molar-refractivity contribution in [2.45, 2.75) is 44.2 Å². The average molecular weight is 437 g/mol. The highest BCUT2D eigenvalue weighted by Gasteiger charge is 2.27. The molecule has 1 fully saturated rings. The van der Waals surface area contributed by atoms with Crippen molar-refractivity contribution in [2.24, 2.45) is 5.14 Å². The molecule has 1 aliphatic carbocycles. The molecule has 30 heavy (non-hydrogen) atoms. The molecule has 1 aliphatic rings. The number of pyridine rings is 1. The summed E-state index contributed by atoms with van der Waals surface area (Å²) >= 11 is 0. The highest BCUT2D eigenvalue weighted by atomic mass is 32.2. The second-order valence-corrected chi connectivity index (χ2v) is 9.49. The van der Waals surface area contributed by atoms with E-state index >= 15 is 0 Å². The highest BCUT2D eigenvalue weighted by molar-refractivity contribution is 7.89. The number of sulfonamides is 1. The normalized spacial score (nSPS) is 20.1. The van der Waals surface area contributed by atoms with Crippen LogP contribution in [0.2, 0.25) is 0 Å². The van der Waals surface area contributed by atoms with Crippen molar-refractivity contribution in [3.8, 4) is 5.75 Å². The van der Waals surface area contributed by atoms with Crippen LogP contribution in [-0.4, -0.2) is 38.9 Å². The zero-order chi connectivity index (χ0) is 21.7. The molecule has 3 unspecified atom stereocenters. The maximum Gasteiger partial charge on any atom is 0.210 e. The van der Waals surface area contributed by atoms with Gasteiger partial charge in [0.1, 0.15) is 5.82 Å². The fourth-order valence-corrected chi connectivity index (χ4v) is 4.29. The van der Waals surface area contributed by atoms with E-state index in [1.54, 1.807) is 12.1 Å². The second-order valence-electron chi connectivity index (χ2n) is 7.76. The van der Waals surface area contributed by atoms with Gasteiger partial charge in [0.15, 0.2) is 11.6 Å². The van der Waals surface area contributed by atoms with Gasteiger partial charge < -0.3 is 15.4 Å². The third-order valence-corrected chi connectivity index (χ3v) is 6.32. The number of hydrogen-bond donors (Lipinski definition) is 3. The van der Waals surface area contributed by atoms with E-state index in [0.717, 1.165) is 24.8 Å². The van der Waals surface area contributed by atoms with Gasteiger partial charge in [0.25, 0.3) is 0 Å². The Kier molecular flexibility index (Phi) is 7.27. The number of rotatable bonds is 9. The predicted molar refractivity (Wildman–Crippen MR) is 116 cm³/mol. The van der Waals surface area contributed by atoms with Crippen molar-refractivity contribution < 1.29 is 17.5 Å². The molecular formula is C21H29FN4O3S. The standard InChI is InChI=1S/C21H29FN4O3S/c1-14(15-4-7-19(22)20(12-15)29-2)26-18-6-3-16(11-18)17-5-8-21(25-13-17)24-9-10-30(23,27)28/h4-5,7-8,12-14,16,18,26H,3,6,9-11H2,1-2H3,(H,24,25)(H2,23,27,28). The Labute approximate surface area is 177 Å². The lowest BCUT2D eigenvalue weighted by Crippen LogP contribution is -2.29. The first-order chi connectivity index (χ1) is 14.2. The molecule has 2 aromatic rings. The third kappa shape index (κ3) is 6.13. The Bertz CT molecular complexity index is 953. The number of nitrogens with two attached hydrogens (primary N) is 1. The van der Waals surface area contributed by atoms with E-state index in [0.29, 0.717) is 17.8 Å². The Morgan fingerprint density at radius 3 is 2.77 bits per heavy atom. The number of nitrogens with one attached hydrogen (secondary N) is 2. The lowest BCUT2D eigenvalue weighted by molar-refractivity contribution is 0.384. The van der Waals surface area contributed by atoms with Crippen LogP contribution in [0.3, 0.4) is 0 Å². The maximum absolute atomic E-state index is 13.6. The molecule has 0 saturated heterocycles. The molecular weight excluding hydrogens is 407 g/mol. The molecule has 1 saturated carbocycles. The number of primary sulfonamides is 1. The summed E-state index contributed by atoms with van der Waals surface area (Å²) in [6, 6.07) is 9.33. The SMILES string of the molecule is COc1cc(C(C)NC2CCC(c3ccc(NCCS(N)(=O)=O)nc3)C2)ccc1F. The summed E-state index contributed by atoms with van der Waals surface area (Å²) in [4.78, 5) is 4.39. The van der Waals surface area contributed by atoms with Gasteiger partial charge in [-0.1, -0.05) is 12.1 Å². The number of methoxy groups -OCH3 is 1.